The molecule has 0 saturated heterocycles. The molecule has 0 saturated carbocycles. The fourth-order valence-electron chi connectivity index (χ4n) is 9.35. The third-order valence-corrected chi connectivity index (χ3v) is 13.3. The molecule has 0 aliphatic rings. The molecule has 4 nitrogen and oxygen atoms in total. The van der Waals surface area contributed by atoms with E-state index in [2.05, 4.69) is 270 Å². The Morgan fingerprint density at radius 2 is 0.533 bits per heavy atom. The largest absolute Gasteiger partial charge is 0.310 e. The third-order valence-electron chi connectivity index (χ3n) is 11.9. The van der Waals surface area contributed by atoms with Crippen LogP contribution < -0.4 is 4.90 Å². The molecule has 3 aromatic heterocycles. The van der Waals surface area contributed by atoms with E-state index >= 15 is 0 Å². The average Bonchev–Trinajstić information content (AvgIpc) is 3.93. The highest BCUT2D eigenvalue weighted by atomic mass is 127. The molecule has 12 aromatic rings. The van der Waals surface area contributed by atoms with Crippen molar-refractivity contribution in [3.63, 3.8) is 0 Å². The highest BCUT2D eigenvalue weighted by Gasteiger charge is 2.19. The smallest absolute Gasteiger partial charge is 0.0541 e. The van der Waals surface area contributed by atoms with Crippen LogP contribution in [0.25, 0.3) is 82.5 Å². The lowest BCUT2D eigenvalue weighted by molar-refractivity contribution is 1.16. The molecule has 0 spiro atoms. The maximum absolute atomic E-state index is 2.41. The molecule has 0 N–H and O–H groups in total. The Labute approximate surface area is 373 Å². The number of benzene rings is 9. The van der Waals surface area contributed by atoms with Crippen molar-refractivity contribution in [2.45, 2.75) is 0 Å². The number of para-hydroxylation sites is 4. The summed E-state index contributed by atoms with van der Waals surface area (Å²) < 4.78 is 9.62. The van der Waals surface area contributed by atoms with Crippen molar-refractivity contribution in [2.75, 3.05) is 4.90 Å². The molecule has 3 heterocycles. The molecular weight excluding hydrogens is 958 g/mol. The molecule has 0 atom stereocenters. The summed E-state index contributed by atoms with van der Waals surface area (Å²) >= 11 is 4.83. The van der Waals surface area contributed by atoms with Crippen LogP contribution in [0.4, 0.5) is 17.1 Å². The van der Waals surface area contributed by atoms with Gasteiger partial charge in [-0.15, -0.1) is 0 Å². The fraction of sp³-hybridized carbons (Fsp3) is 0. The molecule has 60 heavy (non-hydrogen) atoms. The van der Waals surface area contributed by atoms with Gasteiger partial charge in [0.05, 0.1) is 33.1 Å². The van der Waals surface area contributed by atoms with Gasteiger partial charge in [-0.1, -0.05) is 72.8 Å². The highest BCUT2D eigenvalue weighted by Crippen LogP contribution is 2.40. The van der Waals surface area contributed by atoms with Crippen molar-refractivity contribution in [2.24, 2.45) is 0 Å². The van der Waals surface area contributed by atoms with E-state index in [9.17, 15) is 0 Å². The molecule has 9 aromatic carbocycles. The minimum Gasteiger partial charge on any atom is -0.310 e. The van der Waals surface area contributed by atoms with E-state index in [0.29, 0.717) is 0 Å². The second kappa shape index (κ2) is 14.1. The molecule has 0 amide bonds. The summed E-state index contributed by atoms with van der Waals surface area (Å²) in [6, 6.07) is 75.3. The molecule has 0 fully saturated rings. The van der Waals surface area contributed by atoms with E-state index in [0.717, 1.165) is 34.1 Å². The molecule has 12 rings (SSSR count). The van der Waals surface area contributed by atoms with Gasteiger partial charge >= 0.3 is 0 Å². The summed E-state index contributed by atoms with van der Waals surface area (Å²) in [6.07, 6.45) is 0. The number of anilines is 3. The van der Waals surface area contributed by atoms with E-state index in [4.69, 9.17) is 0 Å². The van der Waals surface area contributed by atoms with Crippen LogP contribution in [0.1, 0.15) is 0 Å². The molecule has 0 radical (unpaired) electrons. The Kier molecular flexibility index (Phi) is 8.38. The summed E-state index contributed by atoms with van der Waals surface area (Å²) in [5.74, 6) is 0. The summed E-state index contributed by atoms with van der Waals surface area (Å²) in [5.41, 5.74) is 13.9. The van der Waals surface area contributed by atoms with Crippen molar-refractivity contribution in [1.29, 1.82) is 0 Å². The van der Waals surface area contributed by atoms with E-state index < -0.39 is 0 Å². The zero-order valence-corrected chi connectivity index (χ0v) is 36.5. The van der Waals surface area contributed by atoms with Gasteiger partial charge in [-0.25, -0.2) is 0 Å². The molecule has 0 unspecified atom stereocenters. The number of rotatable bonds is 6. The van der Waals surface area contributed by atoms with E-state index in [1.807, 2.05) is 0 Å². The first-order valence-electron chi connectivity index (χ1n) is 20.1. The molecule has 6 heteroatoms. The minimum absolute atomic E-state index is 1.08. The van der Waals surface area contributed by atoms with Crippen molar-refractivity contribution in [1.82, 2.24) is 13.7 Å². The van der Waals surface area contributed by atoms with Crippen LogP contribution in [0, 0.1) is 7.14 Å². The second-order valence-electron chi connectivity index (χ2n) is 15.3. The Morgan fingerprint density at radius 1 is 0.267 bits per heavy atom. The zero-order chi connectivity index (χ0) is 39.9. The lowest BCUT2D eigenvalue weighted by Crippen LogP contribution is -2.10. The summed E-state index contributed by atoms with van der Waals surface area (Å²) in [4.78, 5) is 2.37. The highest BCUT2D eigenvalue weighted by molar-refractivity contribution is 14.1. The van der Waals surface area contributed by atoms with Crippen molar-refractivity contribution >= 4 is 128 Å². The van der Waals surface area contributed by atoms with Crippen LogP contribution in [0.5, 0.6) is 0 Å². The maximum Gasteiger partial charge on any atom is 0.0541 e. The number of aromatic nitrogens is 3. The van der Waals surface area contributed by atoms with Gasteiger partial charge in [0.2, 0.25) is 0 Å². The number of fused-ring (bicyclic) bond motifs is 9. The quantitative estimate of drug-likeness (QED) is 0.152. The standard InChI is InChI=1S/C54H34I2N4/c55-35-17-31-53-47(33-35)45-11-3-7-15-51(45)59(53)41-27-21-38(22-28-41)57(37-19-25-40(26-20-37)58-49-13-5-1-9-43(49)44-10-2-6-14-50(44)58)39-23-29-42(30-24-39)60-52-16-8-4-12-46(52)48-34-36(56)18-32-54(48)60/h1-34H. The number of halogens is 2. The summed E-state index contributed by atoms with van der Waals surface area (Å²) in [5, 5.41) is 7.58. The predicted octanol–water partition coefficient (Wildman–Crippen LogP) is 15.7. The van der Waals surface area contributed by atoms with E-state index in [1.165, 1.54) is 72.6 Å². The van der Waals surface area contributed by atoms with Gasteiger partial charge in [0.15, 0.2) is 0 Å². The lowest BCUT2D eigenvalue weighted by atomic mass is 10.1. The zero-order valence-electron chi connectivity index (χ0n) is 32.2. The monoisotopic (exact) mass is 992 g/mol. The van der Waals surface area contributed by atoms with Crippen LogP contribution in [-0.2, 0) is 0 Å². The van der Waals surface area contributed by atoms with Crippen LogP contribution in [0.3, 0.4) is 0 Å². The normalized spacial score (nSPS) is 11.8. The predicted molar refractivity (Wildman–Crippen MR) is 270 cm³/mol. The van der Waals surface area contributed by atoms with Gasteiger partial charge < -0.3 is 18.6 Å². The van der Waals surface area contributed by atoms with Gasteiger partial charge in [-0.3, -0.25) is 0 Å². The molecular formula is C54H34I2N4. The number of hydrogen-bond donors (Lipinski definition) is 0. The van der Waals surface area contributed by atoms with E-state index in [1.54, 1.807) is 0 Å². The van der Waals surface area contributed by atoms with Crippen molar-refractivity contribution in [3.8, 4) is 17.1 Å². The van der Waals surface area contributed by atoms with Gasteiger partial charge in [-0.2, -0.15) is 0 Å². The van der Waals surface area contributed by atoms with Crippen molar-refractivity contribution < 1.29 is 0 Å². The maximum atomic E-state index is 2.41. The molecule has 0 aliphatic heterocycles. The molecule has 0 aliphatic carbocycles. The topological polar surface area (TPSA) is 18.0 Å². The average molecular weight is 993 g/mol. The Morgan fingerprint density at radius 3 is 0.850 bits per heavy atom. The summed E-state index contributed by atoms with van der Waals surface area (Å²) in [6.45, 7) is 0. The molecule has 0 bridgehead atoms. The Bertz CT molecular complexity index is 3400. The minimum atomic E-state index is 1.08. The van der Waals surface area contributed by atoms with Gasteiger partial charge in [0, 0.05) is 73.6 Å². The lowest BCUT2D eigenvalue weighted by Gasteiger charge is -2.26. The first-order chi connectivity index (χ1) is 29.6. The van der Waals surface area contributed by atoms with Crippen LogP contribution in [0.2, 0.25) is 0 Å². The van der Waals surface area contributed by atoms with Gasteiger partial charge in [-0.05, 0) is 179 Å². The second-order valence-corrected chi connectivity index (χ2v) is 17.8. The first kappa shape index (κ1) is 35.6. The summed E-state index contributed by atoms with van der Waals surface area (Å²) in [7, 11) is 0. The number of nitrogens with zero attached hydrogens (tertiary/aromatic N) is 4. The van der Waals surface area contributed by atoms with Crippen LogP contribution in [-0.4, -0.2) is 13.7 Å². The van der Waals surface area contributed by atoms with Gasteiger partial charge in [0.1, 0.15) is 0 Å². The molecule has 284 valence electrons. The van der Waals surface area contributed by atoms with Crippen molar-refractivity contribution in [3.05, 3.63) is 213 Å². The third kappa shape index (κ3) is 5.61. The Hall–Kier alpha value is -6.36. The fourth-order valence-corrected chi connectivity index (χ4v) is 10.3. The number of hydrogen-bond acceptors (Lipinski definition) is 1. The van der Waals surface area contributed by atoms with Crippen LogP contribution >= 0.6 is 45.2 Å². The van der Waals surface area contributed by atoms with E-state index in [-0.39, 0.29) is 0 Å². The SMILES string of the molecule is Ic1ccc2c(c1)c1ccccc1n2-c1ccc(N(c2ccc(-n3c4ccccc4c4ccccc43)cc2)c2ccc(-n3c4ccccc4c4cc(I)ccc43)cc2)cc1. The van der Waals surface area contributed by atoms with Crippen LogP contribution in [0.15, 0.2) is 206 Å². The Balaban J connectivity index is 0.997. The van der Waals surface area contributed by atoms with Gasteiger partial charge in [0.25, 0.3) is 0 Å². The first-order valence-corrected chi connectivity index (χ1v) is 22.2.